The van der Waals surface area contributed by atoms with Crippen LogP contribution in [0.25, 0.3) is 0 Å². The summed E-state index contributed by atoms with van der Waals surface area (Å²) >= 11 is 0. The molecule has 2 aromatic rings. The average molecular weight is 275 g/mol. The van der Waals surface area contributed by atoms with Gasteiger partial charge >= 0.3 is 0 Å². The summed E-state index contributed by atoms with van der Waals surface area (Å²) < 4.78 is 24.6. The summed E-state index contributed by atoms with van der Waals surface area (Å²) in [5.74, 6) is 0.0215. The number of sulfone groups is 1. The Morgan fingerprint density at radius 2 is 1.74 bits per heavy atom. The second kappa shape index (κ2) is 5.55. The van der Waals surface area contributed by atoms with Crippen LogP contribution in [0.4, 0.5) is 0 Å². The van der Waals surface area contributed by atoms with Gasteiger partial charge in [0, 0.05) is 6.54 Å². The van der Waals surface area contributed by atoms with Gasteiger partial charge in [0.15, 0.2) is 9.84 Å². The van der Waals surface area contributed by atoms with Gasteiger partial charge in [0.25, 0.3) is 0 Å². The molecule has 0 aliphatic rings. The van der Waals surface area contributed by atoms with Crippen molar-refractivity contribution in [3.05, 3.63) is 65.2 Å². The van der Waals surface area contributed by atoms with Gasteiger partial charge in [0.05, 0.1) is 10.6 Å². The summed E-state index contributed by atoms with van der Waals surface area (Å²) in [5, 5.41) is 0. The van der Waals surface area contributed by atoms with Gasteiger partial charge in [-0.2, -0.15) is 0 Å². The lowest BCUT2D eigenvalue weighted by Crippen LogP contribution is -2.07. The maximum atomic E-state index is 12.3. The highest BCUT2D eigenvalue weighted by molar-refractivity contribution is 7.90. The zero-order valence-corrected chi connectivity index (χ0v) is 11.7. The minimum atomic E-state index is -3.29. The van der Waals surface area contributed by atoms with E-state index in [2.05, 4.69) is 0 Å². The van der Waals surface area contributed by atoms with E-state index in [1.807, 2.05) is 25.1 Å². The first-order valence-corrected chi connectivity index (χ1v) is 7.74. The smallest absolute Gasteiger partial charge is 0.182 e. The quantitative estimate of drug-likeness (QED) is 0.932. The van der Waals surface area contributed by atoms with Crippen LogP contribution in [0.3, 0.4) is 0 Å². The topological polar surface area (TPSA) is 60.2 Å². The van der Waals surface area contributed by atoms with Crippen molar-refractivity contribution in [3.8, 4) is 0 Å². The van der Waals surface area contributed by atoms with Crippen molar-refractivity contribution in [1.29, 1.82) is 0 Å². The second-order valence-electron chi connectivity index (χ2n) is 4.54. The molecule has 0 bridgehead atoms. The van der Waals surface area contributed by atoms with Crippen LogP contribution in [-0.4, -0.2) is 8.42 Å². The summed E-state index contributed by atoms with van der Waals surface area (Å²) in [6, 6.07) is 14.2. The molecule has 0 saturated heterocycles. The maximum absolute atomic E-state index is 12.3. The van der Waals surface area contributed by atoms with Crippen LogP contribution in [0, 0.1) is 6.92 Å². The van der Waals surface area contributed by atoms with Gasteiger partial charge in [0.1, 0.15) is 0 Å². The van der Waals surface area contributed by atoms with Crippen molar-refractivity contribution in [2.75, 3.05) is 0 Å². The lowest BCUT2D eigenvalue weighted by Gasteiger charge is -2.09. The second-order valence-corrected chi connectivity index (χ2v) is 6.53. The lowest BCUT2D eigenvalue weighted by molar-refractivity contribution is 0.595. The SMILES string of the molecule is Cc1cc(CN)ccc1CS(=O)(=O)c1ccccc1. The minimum absolute atomic E-state index is 0.0215. The molecular formula is C15H17NO2S. The molecule has 0 saturated carbocycles. The maximum Gasteiger partial charge on any atom is 0.182 e. The van der Waals surface area contributed by atoms with Crippen LogP contribution in [0.15, 0.2) is 53.4 Å². The highest BCUT2D eigenvalue weighted by atomic mass is 32.2. The molecule has 0 aliphatic heterocycles. The number of rotatable bonds is 4. The molecule has 0 aromatic heterocycles. The van der Waals surface area contributed by atoms with E-state index in [-0.39, 0.29) is 5.75 Å². The van der Waals surface area contributed by atoms with Crippen molar-refractivity contribution in [2.45, 2.75) is 24.1 Å². The first-order chi connectivity index (χ1) is 9.03. The van der Waals surface area contributed by atoms with E-state index in [1.54, 1.807) is 30.3 Å². The van der Waals surface area contributed by atoms with Crippen molar-refractivity contribution in [1.82, 2.24) is 0 Å². The Hall–Kier alpha value is -1.65. The third kappa shape index (κ3) is 3.22. The van der Waals surface area contributed by atoms with Crippen LogP contribution in [0.5, 0.6) is 0 Å². The monoisotopic (exact) mass is 275 g/mol. The molecule has 19 heavy (non-hydrogen) atoms. The lowest BCUT2D eigenvalue weighted by atomic mass is 10.1. The van der Waals surface area contributed by atoms with Crippen molar-refractivity contribution >= 4 is 9.84 Å². The van der Waals surface area contributed by atoms with E-state index in [4.69, 9.17) is 5.73 Å². The van der Waals surface area contributed by atoms with E-state index in [9.17, 15) is 8.42 Å². The van der Waals surface area contributed by atoms with E-state index < -0.39 is 9.84 Å². The van der Waals surface area contributed by atoms with Crippen LogP contribution < -0.4 is 5.73 Å². The molecule has 0 unspecified atom stereocenters. The Bertz CT molecular complexity index is 664. The third-order valence-corrected chi connectivity index (χ3v) is 4.77. The molecular weight excluding hydrogens is 258 g/mol. The number of nitrogens with two attached hydrogens (primary N) is 1. The Morgan fingerprint density at radius 3 is 2.32 bits per heavy atom. The van der Waals surface area contributed by atoms with Crippen LogP contribution in [0.1, 0.15) is 16.7 Å². The van der Waals surface area contributed by atoms with Crippen LogP contribution >= 0.6 is 0 Å². The normalized spacial score (nSPS) is 11.5. The van der Waals surface area contributed by atoms with E-state index in [0.29, 0.717) is 11.4 Å². The standard InChI is InChI=1S/C15H17NO2S/c1-12-9-13(10-16)7-8-14(12)11-19(17,18)15-5-3-2-4-6-15/h2-9H,10-11,16H2,1H3. The number of aryl methyl sites for hydroxylation is 1. The molecule has 0 heterocycles. The Balaban J connectivity index is 2.31. The highest BCUT2D eigenvalue weighted by Gasteiger charge is 2.16. The fourth-order valence-electron chi connectivity index (χ4n) is 1.96. The molecule has 4 heteroatoms. The number of hydrogen-bond donors (Lipinski definition) is 1. The molecule has 0 amide bonds. The van der Waals surface area contributed by atoms with E-state index >= 15 is 0 Å². The third-order valence-electron chi connectivity index (χ3n) is 3.09. The first kappa shape index (κ1) is 13.8. The first-order valence-electron chi connectivity index (χ1n) is 6.09. The molecule has 2 rings (SSSR count). The predicted molar refractivity (Wildman–Crippen MR) is 76.4 cm³/mol. The van der Waals surface area contributed by atoms with Gasteiger partial charge < -0.3 is 5.73 Å². The molecule has 0 aliphatic carbocycles. The minimum Gasteiger partial charge on any atom is -0.326 e. The molecule has 2 aromatic carbocycles. The fraction of sp³-hybridized carbons (Fsp3) is 0.200. The Labute approximate surface area is 114 Å². The van der Waals surface area contributed by atoms with Gasteiger partial charge in [-0.1, -0.05) is 36.4 Å². The molecule has 2 N–H and O–H groups in total. The summed E-state index contributed by atoms with van der Waals surface area (Å²) in [5.41, 5.74) is 8.36. The molecule has 100 valence electrons. The summed E-state index contributed by atoms with van der Waals surface area (Å²) in [7, 11) is -3.29. The van der Waals surface area contributed by atoms with Crippen molar-refractivity contribution in [3.63, 3.8) is 0 Å². The number of hydrogen-bond acceptors (Lipinski definition) is 3. The van der Waals surface area contributed by atoms with Crippen molar-refractivity contribution < 1.29 is 8.42 Å². The van der Waals surface area contributed by atoms with E-state index in [0.717, 1.165) is 16.7 Å². The molecule has 0 fully saturated rings. The zero-order chi connectivity index (χ0) is 13.9. The van der Waals surface area contributed by atoms with Crippen LogP contribution in [-0.2, 0) is 22.1 Å². The molecule has 0 spiro atoms. The largest absolute Gasteiger partial charge is 0.326 e. The molecule has 0 radical (unpaired) electrons. The average Bonchev–Trinajstić information content (AvgIpc) is 2.42. The molecule has 3 nitrogen and oxygen atoms in total. The summed E-state index contributed by atoms with van der Waals surface area (Å²) in [6.07, 6.45) is 0. The molecule has 0 atom stereocenters. The van der Waals surface area contributed by atoms with E-state index in [1.165, 1.54) is 0 Å². The zero-order valence-electron chi connectivity index (χ0n) is 10.8. The van der Waals surface area contributed by atoms with Gasteiger partial charge in [-0.25, -0.2) is 8.42 Å². The highest BCUT2D eigenvalue weighted by Crippen LogP contribution is 2.19. The van der Waals surface area contributed by atoms with Gasteiger partial charge in [-0.05, 0) is 35.7 Å². The van der Waals surface area contributed by atoms with Crippen molar-refractivity contribution in [2.24, 2.45) is 5.73 Å². The Kier molecular flexibility index (Phi) is 4.02. The van der Waals surface area contributed by atoms with Gasteiger partial charge in [0.2, 0.25) is 0 Å². The fourth-order valence-corrected chi connectivity index (χ4v) is 3.43. The number of benzene rings is 2. The summed E-state index contributed by atoms with van der Waals surface area (Å²) in [4.78, 5) is 0.359. The predicted octanol–water partition coefficient (Wildman–Crippen LogP) is 2.43. The van der Waals surface area contributed by atoms with Crippen LogP contribution in [0.2, 0.25) is 0 Å². The Morgan fingerprint density at radius 1 is 1.05 bits per heavy atom. The van der Waals surface area contributed by atoms with Gasteiger partial charge in [-0.3, -0.25) is 0 Å². The summed E-state index contributed by atoms with van der Waals surface area (Å²) in [6.45, 7) is 2.38. The van der Waals surface area contributed by atoms with Gasteiger partial charge in [-0.15, -0.1) is 0 Å².